The molecule has 1 aliphatic rings. The van der Waals surface area contributed by atoms with Crippen molar-refractivity contribution in [3.8, 4) is 0 Å². The number of amides is 1. The Kier molecular flexibility index (Phi) is 4.85. The quantitative estimate of drug-likeness (QED) is 0.862. The van der Waals surface area contributed by atoms with Crippen LogP contribution >= 0.6 is 22.9 Å². The molecule has 0 saturated heterocycles. The maximum absolute atomic E-state index is 13.0. The van der Waals surface area contributed by atoms with Crippen molar-refractivity contribution in [3.63, 3.8) is 0 Å². The number of rotatable bonds is 3. The van der Waals surface area contributed by atoms with E-state index in [1.165, 1.54) is 22.6 Å². The van der Waals surface area contributed by atoms with Gasteiger partial charge in [0.05, 0.1) is 22.8 Å². The van der Waals surface area contributed by atoms with Crippen molar-refractivity contribution in [1.82, 2.24) is 4.90 Å². The molecule has 0 spiro atoms. The predicted molar refractivity (Wildman–Crippen MR) is 88.4 cm³/mol. The number of thiophene rings is 1. The summed E-state index contributed by atoms with van der Waals surface area (Å²) in [7, 11) is 0. The van der Waals surface area contributed by atoms with E-state index in [-0.39, 0.29) is 17.3 Å². The minimum atomic E-state index is -4.58. The average molecular weight is 375 g/mol. The summed E-state index contributed by atoms with van der Waals surface area (Å²) in [5.74, 6) is -0.507. The Balaban J connectivity index is 1.70. The summed E-state index contributed by atoms with van der Waals surface area (Å²) < 4.78 is 39.1. The summed E-state index contributed by atoms with van der Waals surface area (Å²) in [4.78, 5) is 15.4. The van der Waals surface area contributed by atoms with Gasteiger partial charge in [-0.15, -0.1) is 11.3 Å². The topological polar surface area (TPSA) is 32.3 Å². The molecule has 24 heavy (non-hydrogen) atoms. The third-order valence-electron chi connectivity index (χ3n) is 3.84. The molecule has 1 aliphatic heterocycles. The summed E-state index contributed by atoms with van der Waals surface area (Å²) in [6, 6.07) is 5.45. The van der Waals surface area contributed by atoms with Crippen molar-refractivity contribution in [2.45, 2.75) is 19.1 Å². The highest BCUT2D eigenvalue weighted by Gasteiger charge is 2.35. The predicted octanol–water partition coefficient (Wildman–Crippen LogP) is 4.42. The van der Waals surface area contributed by atoms with Crippen molar-refractivity contribution < 1.29 is 18.0 Å². The molecule has 3 rings (SSSR count). The standard InChI is InChI=1S/C16H14ClF3N2OS/c17-12-3-1-2-11(16(18,19)20)15(12)21-14(23)9-22-6-4-13-10(8-22)5-7-24-13/h1-3,5,7H,4,6,8-9H2,(H,21,23). The van der Waals surface area contributed by atoms with Crippen LogP contribution in [0.2, 0.25) is 5.02 Å². The summed E-state index contributed by atoms with van der Waals surface area (Å²) in [5.41, 5.74) is -0.153. The van der Waals surface area contributed by atoms with Crippen molar-refractivity contribution in [3.05, 3.63) is 50.7 Å². The molecule has 0 radical (unpaired) electrons. The molecule has 0 unspecified atom stereocenters. The van der Waals surface area contributed by atoms with Crippen LogP contribution in [-0.2, 0) is 23.9 Å². The van der Waals surface area contributed by atoms with Gasteiger partial charge in [-0.25, -0.2) is 0 Å². The van der Waals surface area contributed by atoms with Crippen molar-refractivity contribution in [2.24, 2.45) is 0 Å². The molecule has 0 atom stereocenters. The zero-order valence-corrected chi connectivity index (χ0v) is 14.1. The van der Waals surface area contributed by atoms with Crippen LogP contribution in [0.15, 0.2) is 29.6 Å². The van der Waals surface area contributed by atoms with Crippen LogP contribution in [-0.4, -0.2) is 23.9 Å². The maximum atomic E-state index is 13.0. The monoisotopic (exact) mass is 374 g/mol. The number of nitrogens with zero attached hydrogens (tertiary/aromatic N) is 1. The third-order valence-corrected chi connectivity index (χ3v) is 5.18. The number of alkyl halides is 3. The Morgan fingerprint density at radius 3 is 2.88 bits per heavy atom. The molecule has 2 aromatic rings. The first-order valence-electron chi connectivity index (χ1n) is 7.28. The number of nitrogens with one attached hydrogen (secondary N) is 1. The number of anilines is 1. The number of hydrogen-bond donors (Lipinski definition) is 1. The Labute approximate surface area is 146 Å². The van der Waals surface area contributed by atoms with Crippen LogP contribution < -0.4 is 5.32 Å². The van der Waals surface area contributed by atoms with E-state index < -0.39 is 17.6 Å². The summed E-state index contributed by atoms with van der Waals surface area (Å²) in [6.07, 6.45) is -3.73. The fraction of sp³-hybridized carbons (Fsp3) is 0.312. The van der Waals surface area contributed by atoms with E-state index in [9.17, 15) is 18.0 Å². The Morgan fingerprint density at radius 2 is 2.12 bits per heavy atom. The molecule has 2 heterocycles. The van der Waals surface area contributed by atoms with Gasteiger partial charge in [0, 0.05) is 18.0 Å². The van der Waals surface area contributed by atoms with Crippen molar-refractivity contribution in [2.75, 3.05) is 18.4 Å². The van der Waals surface area contributed by atoms with Gasteiger partial charge in [-0.2, -0.15) is 13.2 Å². The lowest BCUT2D eigenvalue weighted by Gasteiger charge is -2.26. The minimum absolute atomic E-state index is 0.0256. The molecule has 1 aromatic heterocycles. The van der Waals surface area contributed by atoms with Gasteiger partial charge in [0.1, 0.15) is 0 Å². The van der Waals surface area contributed by atoms with Gasteiger partial charge in [-0.05, 0) is 35.6 Å². The Bertz CT molecular complexity index is 760. The van der Waals surface area contributed by atoms with Crippen LogP contribution in [0.4, 0.5) is 18.9 Å². The molecule has 3 nitrogen and oxygen atoms in total. The highest BCUT2D eigenvalue weighted by atomic mass is 35.5. The Hall–Kier alpha value is -1.57. The van der Waals surface area contributed by atoms with Crippen molar-refractivity contribution in [1.29, 1.82) is 0 Å². The minimum Gasteiger partial charge on any atom is -0.323 e. The molecule has 1 aromatic carbocycles. The molecule has 0 saturated carbocycles. The van der Waals surface area contributed by atoms with E-state index in [1.807, 2.05) is 16.3 Å². The number of carbonyl (C=O) groups excluding carboxylic acids is 1. The largest absolute Gasteiger partial charge is 0.418 e. The van der Waals surface area contributed by atoms with Crippen molar-refractivity contribution >= 4 is 34.5 Å². The van der Waals surface area contributed by atoms with E-state index in [1.54, 1.807) is 11.3 Å². The molecular weight excluding hydrogens is 361 g/mol. The van der Waals surface area contributed by atoms with Crippen LogP contribution in [0, 0.1) is 0 Å². The van der Waals surface area contributed by atoms with E-state index >= 15 is 0 Å². The number of fused-ring (bicyclic) bond motifs is 1. The zero-order chi connectivity index (χ0) is 17.3. The van der Waals surface area contributed by atoms with Gasteiger partial charge in [-0.1, -0.05) is 17.7 Å². The van der Waals surface area contributed by atoms with Gasteiger partial charge >= 0.3 is 6.18 Å². The van der Waals surface area contributed by atoms with E-state index in [0.29, 0.717) is 13.1 Å². The van der Waals surface area contributed by atoms with E-state index in [4.69, 9.17) is 11.6 Å². The first-order valence-corrected chi connectivity index (χ1v) is 8.53. The molecule has 1 amide bonds. The van der Waals surface area contributed by atoms with Gasteiger partial charge in [-0.3, -0.25) is 9.69 Å². The van der Waals surface area contributed by atoms with Crippen LogP contribution in [0.1, 0.15) is 16.0 Å². The second-order valence-corrected chi connectivity index (χ2v) is 6.95. The highest BCUT2D eigenvalue weighted by Crippen LogP contribution is 2.38. The fourth-order valence-corrected chi connectivity index (χ4v) is 3.82. The summed E-state index contributed by atoms with van der Waals surface area (Å²) >= 11 is 7.53. The lowest BCUT2D eigenvalue weighted by atomic mass is 10.1. The number of carbonyl (C=O) groups is 1. The van der Waals surface area contributed by atoms with E-state index in [0.717, 1.165) is 12.5 Å². The summed E-state index contributed by atoms with van der Waals surface area (Å²) in [6.45, 7) is 1.36. The SMILES string of the molecule is O=C(CN1CCc2sccc2C1)Nc1c(Cl)cccc1C(F)(F)F. The average Bonchev–Trinajstić information content (AvgIpc) is 2.95. The first-order chi connectivity index (χ1) is 11.3. The van der Waals surface area contributed by atoms with Gasteiger partial charge in [0.15, 0.2) is 0 Å². The lowest BCUT2D eigenvalue weighted by Crippen LogP contribution is -2.36. The first kappa shape index (κ1) is 17.3. The zero-order valence-electron chi connectivity index (χ0n) is 12.5. The number of benzene rings is 1. The second-order valence-electron chi connectivity index (χ2n) is 5.54. The molecule has 0 aliphatic carbocycles. The van der Waals surface area contributed by atoms with Gasteiger partial charge in [0.25, 0.3) is 0 Å². The fourth-order valence-electron chi connectivity index (χ4n) is 2.71. The third kappa shape index (κ3) is 3.74. The summed E-state index contributed by atoms with van der Waals surface area (Å²) in [5, 5.41) is 4.20. The molecule has 1 N–H and O–H groups in total. The van der Waals surface area contributed by atoms with Crippen LogP contribution in [0.5, 0.6) is 0 Å². The maximum Gasteiger partial charge on any atom is 0.418 e. The second kappa shape index (κ2) is 6.74. The van der Waals surface area contributed by atoms with Crippen LogP contribution in [0.3, 0.4) is 0 Å². The molecule has 128 valence electrons. The van der Waals surface area contributed by atoms with Gasteiger partial charge in [0.2, 0.25) is 5.91 Å². The normalized spacial score (nSPS) is 15.2. The lowest BCUT2D eigenvalue weighted by molar-refractivity contribution is -0.137. The molecular formula is C16H14ClF3N2OS. The highest BCUT2D eigenvalue weighted by molar-refractivity contribution is 7.10. The smallest absolute Gasteiger partial charge is 0.323 e. The number of halogens is 4. The van der Waals surface area contributed by atoms with Crippen LogP contribution in [0.25, 0.3) is 0 Å². The van der Waals surface area contributed by atoms with Gasteiger partial charge < -0.3 is 5.32 Å². The Morgan fingerprint density at radius 1 is 1.33 bits per heavy atom. The molecule has 8 heteroatoms. The molecule has 0 bridgehead atoms. The number of para-hydroxylation sites is 1. The van der Waals surface area contributed by atoms with E-state index in [2.05, 4.69) is 5.32 Å². The number of hydrogen-bond acceptors (Lipinski definition) is 3. The molecule has 0 fully saturated rings.